The van der Waals surface area contributed by atoms with Crippen molar-refractivity contribution in [3.05, 3.63) is 67.6 Å². The van der Waals surface area contributed by atoms with Gasteiger partial charge in [0.2, 0.25) is 5.78 Å². The van der Waals surface area contributed by atoms with Crippen molar-refractivity contribution in [2.75, 3.05) is 0 Å². The second-order valence-electron chi connectivity index (χ2n) is 8.26. The van der Waals surface area contributed by atoms with Gasteiger partial charge in [0, 0.05) is 31.2 Å². The van der Waals surface area contributed by atoms with Crippen LogP contribution in [0.25, 0.3) is 0 Å². The maximum Gasteiger partial charge on any atom is 0.311 e. The summed E-state index contributed by atoms with van der Waals surface area (Å²) in [7, 11) is 0. The summed E-state index contributed by atoms with van der Waals surface area (Å²) in [5, 5.41) is 23.4. The quantitative estimate of drug-likeness (QED) is 0.565. The van der Waals surface area contributed by atoms with Gasteiger partial charge in [0.1, 0.15) is 0 Å². The summed E-state index contributed by atoms with van der Waals surface area (Å²) in [6.07, 6.45) is -1.24. The Balaban J connectivity index is 2.01. The van der Waals surface area contributed by atoms with Crippen LogP contribution in [0.3, 0.4) is 0 Å². The maximum absolute atomic E-state index is 13.2. The molecule has 0 aromatic heterocycles. The smallest absolute Gasteiger partial charge is 0.311 e. The van der Waals surface area contributed by atoms with Crippen LogP contribution in [0.2, 0.25) is 0 Å². The standard InChI is InChI=1S/C21H18Br2O5/c1-19(2,3)18(25)28-17-13-8-10(22)5-7-14(13)20(26)16(24)12-6-4-11(23)9-15(12)21(17,20)27/h4-9,17,26-27H,1-3H3/t17-,20-,21-/m1/s1. The van der Waals surface area contributed by atoms with Gasteiger partial charge in [0.15, 0.2) is 17.3 Å². The van der Waals surface area contributed by atoms with Crippen molar-refractivity contribution >= 4 is 43.6 Å². The minimum Gasteiger partial charge on any atom is -0.453 e. The van der Waals surface area contributed by atoms with Crippen LogP contribution in [0.5, 0.6) is 0 Å². The van der Waals surface area contributed by atoms with Gasteiger partial charge in [0.25, 0.3) is 0 Å². The molecule has 2 aliphatic rings. The average molecular weight is 510 g/mol. The number of ketones is 1. The molecule has 0 radical (unpaired) electrons. The second-order valence-corrected chi connectivity index (χ2v) is 10.1. The van der Waals surface area contributed by atoms with Crippen LogP contribution in [0, 0.1) is 5.41 Å². The van der Waals surface area contributed by atoms with Crippen LogP contribution in [-0.4, -0.2) is 22.0 Å². The second kappa shape index (κ2) is 5.98. The highest BCUT2D eigenvalue weighted by Crippen LogP contribution is 2.63. The molecule has 0 fully saturated rings. The van der Waals surface area contributed by atoms with E-state index in [0.717, 1.165) is 0 Å². The average Bonchev–Trinajstić information content (AvgIpc) is 2.90. The van der Waals surface area contributed by atoms with Crippen molar-refractivity contribution in [1.82, 2.24) is 0 Å². The minimum absolute atomic E-state index is 0.207. The van der Waals surface area contributed by atoms with E-state index in [4.69, 9.17) is 4.74 Å². The Morgan fingerprint density at radius 3 is 2.29 bits per heavy atom. The molecule has 2 aliphatic carbocycles. The van der Waals surface area contributed by atoms with Crippen LogP contribution in [0.15, 0.2) is 45.3 Å². The number of Topliss-reactive ketones (excluding diaryl/α,β-unsaturated/α-hetero) is 1. The fourth-order valence-electron chi connectivity index (χ4n) is 3.99. The Bertz CT molecular complexity index is 1040. The van der Waals surface area contributed by atoms with Gasteiger partial charge in [-0.3, -0.25) is 9.59 Å². The molecular formula is C21H18Br2O5. The van der Waals surface area contributed by atoms with Crippen molar-refractivity contribution in [3.63, 3.8) is 0 Å². The molecule has 2 aromatic carbocycles. The molecule has 7 heteroatoms. The Hall–Kier alpha value is -1.54. The summed E-state index contributed by atoms with van der Waals surface area (Å²) in [5.74, 6) is -1.16. The van der Waals surface area contributed by atoms with Gasteiger partial charge >= 0.3 is 5.97 Å². The molecule has 0 bridgehead atoms. The number of rotatable bonds is 1. The highest BCUT2D eigenvalue weighted by atomic mass is 79.9. The number of esters is 1. The normalized spacial score (nSPS) is 28.0. The topological polar surface area (TPSA) is 83.8 Å². The maximum atomic E-state index is 13.2. The van der Waals surface area contributed by atoms with E-state index >= 15 is 0 Å². The number of ether oxygens (including phenoxy) is 1. The third-order valence-corrected chi connectivity index (χ3v) is 6.41. The molecule has 0 saturated heterocycles. The Kier molecular flexibility index (Phi) is 4.22. The van der Waals surface area contributed by atoms with Gasteiger partial charge in [-0.15, -0.1) is 0 Å². The predicted molar refractivity (Wildman–Crippen MR) is 109 cm³/mol. The van der Waals surface area contributed by atoms with Crippen molar-refractivity contribution in [2.45, 2.75) is 38.1 Å². The van der Waals surface area contributed by atoms with Crippen LogP contribution >= 0.6 is 31.9 Å². The summed E-state index contributed by atoms with van der Waals surface area (Å²) in [4.78, 5) is 25.9. The van der Waals surface area contributed by atoms with E-state index in [-0.39, 0.29) is 16.7 Å². The number of carbonyl (C=O) groups excluding carboxylic acids is 2. The molecule has 146 valence electrons. The van der Waals surface area contributed by atoms with E-state index in [1.54, 1.807) is 57.2 Å². The predicted octanol–water partition coefficient (Wildman–Crippen LogP) is 4.13. The molecule has 3 atom stereocenters. The van der Waals surface area contributed by atoms with Gasteiger partial charge in [-0.1, -0.05) is 37.9 Å². The summed E-state index contributed by atoms with van der Waals surface area (Å²) in [5.41, 5.74) is -4.13. The van der Waals surface area contributed by atoms with Gasteiger partial charge < -0.3 is 14.9 Å². The van der Waals surface area contributed by atoms with E-state index in [0.29, 0.717) is 14.5 Å². The first-order valence-corrected chi connectivity index (χ1v) is 10.3. The fraction of sp³-hybridized carbons (Fsp3) is 0.333. The van der Waals surface area contributed by atoms with Crippen LogP contribution < -0.4 is 0 Å². The van der Waals surface area contributed by atoms with Crippen molar-refractivity contribution in [3.8, 4) is 0 Å². The van der Waals surface area contributed by atoms with Gasteiger partial charge in [-0.25, -0.2) is 0 Å². The fourth-order valence-corrected chi connectivity index (χ4v) is 4.73. The lowest BCUT2D eigenvalue weighted by atomic mass is 9.82. The van der Waals surface area contributed by atoms with Crippen molar-refractivity contribution < 1.29 is 24.5 Å². The third kappa shape index (κ3) is 2.36. The van der Waals surface area contributed by atoms with E-state index in [9.17, 15) is 19.8 Å². The number of carbonyl (C=O) groups is 2. The van der Waals surface area contributed by atoms with Gasteiger partial charge in [-0.2, -0.15) is 0 Å². The lowest BCUT2D eigenvalue weighted by Crippen LogP contribution is -2.49. The third-order valence-electron chi connectivity index (χ3n) is 5.42. The number of halogens is 2. The van der Waals surface area contributed by atoms with E-state index in [2.05, 4.69) is 31.9 Å². The first-order chi connectivity index (χ1) is 12.9. The summed E-state index contributed by atoms with van der Waals surface area (Å²) < 4.78 is 7.06. The molecule has 0 heterocycles. The van der Waals surface area contributed by atoms with Crippen LogP contribution in [-0.2, 0) is 20.7 Å². The summed E-state index contributed by atoms with van der Waals surface area (Å²) in [6.45, 7) is 5.10. The first kappa shape index (κ1) is 19.8. The molecule has 0 unspecified atom stereocenters. The van der Waals surface area contributed by atoms with Crippen LogP contribution in [0.4, 0.5) is 0 Å². The van der Waals surface area contributed by atoms with E-state index in [1.165, 1.54) is 0 Å². The summed E-state index contributed by atoms with van der Waals surface area (Å²) in [6, 6.07) is 9.73. The van der Waals surface area contributed by atoms with E-state index in [1.807, 2.05) is 0 Å². The minimum atomic E-state index is -2.24. The zero-order chi connectivity index (χ0) is 20.6. The molecule has 0 spiro atoms. The van der Waals surface area contributed by atoms with E-state index < -0.39 is 34.5 Å². The Morgan fingerprint density at radius 2 is 1.64 bits per heavy atom. The SMILES string of the molecule is CC(C)(C)C(=O)O[C@@H]1c2cc(Br)ccc2[C@@]2(O)C(=O)c3ccc(Br)cc3[C@@]12O. The molecule has 0 aliphatic heterocycles. The van der Waals surface area contributed by atoms with Crippen molar-refractivity contribution in [1.29, 1.82) is 0 Å². The largest absolute Gasteiger partial charge is 0.453 e. The molecule has 4 rings (SSSR count). The lowest BCUT2D eigenvalue weighted by Gasteiger charge is -2.36. The highest BCUT2D eigenvalue weighted by molar-refractivity contribution is 9.10. The van der Waals surface area contributed by atoms with Crippen LogP contribution in [0.1, 0.15) is 53.9 Å². The monoisotopic (exact) mass is 508 g/mol. The molecule has 5 nitrogen and oxygen atoms in total. The Morgan fingerprint density at radius 1 is 1.04 bits per heavy atom. The van der Waals surface area contributed by atoms with Crippen molar-refractivity contribution in [2.24, 2.45) is 5.41 Å². The molecule has 0 amide bonds. The zero-order valence-corrected chi connectivity index (χ0v) is 18.6. The number of fused-ring (bicyclic) bond motifs is 5. The summed E-state index contributed by atoms with van der Waals surface area (Å²) >= 11 is 6.73. The highest BCUT2D eigenvalue weighted by Gasteiger charge is 2.73. The van der Waals surface area contributed by atoms with Gasteiger partial charge in [-0.05, 0) is 51.1 Å². The Labute approximate surface area is 179 Å². The molecule has 2 aromatic rings. The molecular weight excluding hydrogens is 492 g/mol. The zero-order valence-electron chi connectivity index (χ0n) is 15.4. The number of hydrogen-bond donors (Lipinski definition) is 2. The number of aliphatic hydroxyl groups is 2. The first-order valence-electron chi connectivity index (χ1n) is 8.73. The molecule has 28 heavy (non-hydrogen) atoms. The molecule has 0 saturated carbocycles. The number of benzene rings is 2. The molecule has 2 N–H and O–H groups in total. The van der Waals surface area contributed by atoms with Gasteiger partial charge in [0.05, 0.1) is 5.41 Å². The number of hydrogen-bond acceptors (Lipinski definition) is 5. The lowest BCUT2D eigenvalue weighted by molar-refractivity contribution is -0.201.